The van der Waals surface area contributed by atoms with Crippen LogP contribution in [0.25, 0.3) is 0 Å². The summed E-state index contributed by atoms with van der Waals surface area (Å²) in [6, 6.07) is 0. The molecule has 2 nitrogen and oxygen atoms in total. The van der Waals surface area contributed by atoms with E-state index in [1.54, 1.807) is 0 Å². The zero-order valence-corrected chi connectivity index (χ0v) is 15.0. The molecule has 7 atom stereocenters. The van der Waals surface area contributed by atoms with Gasteiger partial charge in [-0.15, -0.1) is 0 Å². The maximum atomic E-state index is 12.5. The van der Waals surface area contributed by atoms with Gasteiger partial charge in [-0.1, -0.05) is 33.3 Å². The van der Waals surface area contributed by atoms with E-state index < -0.39 is 0 Å². The van der Waals surface area contributed by atoms with Gasteiger partial charge in [0.15, 0.2) is 5.78 Å². The van der Waals surface area contributed by atoms with Crippen molar-refractivity contribution in [3.05, 3.63) is 11.6 Å². The first kappa shape index (κ1) is 15.6. The minimum absolute atomic E-state index is 0.0494. The van der Waals surface area contributed by atoms with Gasteiger partial charge in [0.05, 0.1) is 0 Å². The van der Waals surface area contributed by atoms with Crippen LogP contribution in [-0.2, 0) is 9.59 Å². The van der Waals surface area contributed by atoms with Gasteiger partial charge >= 0.3 is 0 Å². The van der Waals surface area contributed by atoms with Crippen LogP contribution >= 0.6 is 0 Å². The van der Waals surface area contributed by atoms with Gasteiger partial charge < -0.3 is 0 Å². The summed E-state index contributed by atoms with van der Waals surface area (Å²) >= 11 is 0. The Morgan fingerprint density at radius 1 is 1.09 bits per heavy atom. The number of rotatable bonds is 0. The number of ketones is 2. The fraction of sp³-hybridized carbons (Fsp3) is 0.810. The third-order valence-electron chi connectivity index (χ3n) is 8.54. The van der Waals surface area contributed by atoms with Gasteiger partial charge in [0.1, 0.15) is 5.78 Å². The molecule has 0 aromatic carbocycles. The van der Waals surface area contributed by atoms with Crippen LogP contribution in [0.4, 0.5) is 0 Å². The van der Waals surface area contributed by atoms with E-state index in [1.807, 2.05) is 6.08 Å². The normalized spacial score (nSPS) is 52.5. The Kier molecular flexibility index (Phi) is 3.26. The topological polar surface area (TPSA) is 34.1 Å². The summed E-state index contributed by atoms with van der Waals surface area (Å²) in [4.78, 5) is 24.6. The minimum atomic E-state index is -0.0494. The van der Waals surface area contributed by atoms with Gasteiger partial charge in [-0.3, -0.25) is 9.59 Å². The van der Waals surface area contributed by atoms with Crippen molar-refractivity contribution in [3.63, 3.8) is 0 Å². The molecule has 0 amide bonds. The minimum Gasteiger partial charge on any atom is -0.299 e. The largest absolute Gasteiger partial charge is 0.299 e. The van der Waals surface area contributed by atoms with E-state index in [9.17, 15) is 9.59 Å². The highest BCUT2D eigenvalue weighted by atomic mass is 16.1. The van der Waals surface area contributed by atoms with Crippen molar-refractivity contribution >= 4 is 11.6 Å². The number of hydrogen-bond acceptors (Lipinski definition) is 2. The van der Waals surface area contributed by atoms with Crippen LogP contribution in [0.1, 0.15) is 66.2 Å². The van der Waals surface area contributed by atoms with Gasteiger partial charge in [-0.25, -0.2) is 0 Å². The standard InChI is InChI=1S/C21H30O2/c1-12-9-15-16-5-6-19(23)20(16,3)8-7-17(15)21(4)13(2)10-14(22)11-18(12)21/h11-13,15-17H,5-10H2,1-4H3/t12-,13+,15-,16-,17-,20-,21+/m0/s1. The molecule has 0 radical (unpaired) electrons. The maximum Gasteiger partial charge on any atom is 0.155 e. The summed E-state index contributed by atoms with van der Waals surface area (Å²) in [6.45, 7) is 9.28. The van der Waals surface area contributed by atoms with Crippen molar-refractivity contribution in [2.45, 2.75) is 66.2 Å². The van der Waals surface area contributed by atoms with Crippen LogP contribution in [0.5, 0.6) is 0 Å². The molecule has 4 rings (SSSR count). The predicted octanol–water partition coefficient (Wildman–Crippen LogP) is 4.58. The summed E-state index contributed by atoms with van der Waals surface area (Å²) in [6.07, 6.45) is 8.01. The van der Waals surface area contributed by atoms with Crippen molar-refractivity contribution in [2.24, 2.45) is 40.4 Å². The van der Waals surface area contributed by atoms with Gasteiger partial charge in [0.25, 0.3) is 0 Å². The number of carbonyl (C=O) groups excluding carboxylic acids is 2. The van der Waals surface area contributed by atoms with E-state index in [2.05, 4.69) is 27.7 Å². The van der Waals surface area contributed by atoms with Crippen molar-refractivity contribution in [2.75, 3.05) is 0 Å². The molecule has 3 saturated carbocycles. The summed E-state index contributed by atoms with van der Waals surface area (Å²) in [5.41, 5.74) is 1.55. The van der Waals surface area contributed by atoms with Crippen molar-refractivity contribution in [3.8, 4) is 0 Å². The molecule has 0 heterocycles. The first-order valence-electron chi connectivity index (χ1n) is 9.56. The monoisotopic (exact) mass is 314 g/mol. The predicted molar refractivity (Wildman–Crippen MR) is 90.8 cm³/mol. The van der Waals surface area contributed by atoms with E-state index >= 15 is 0 Å². The molecule has 0 aliphatic heterocycles. The van der Waals surface area contributed by atoms with Crippen LogP contribution in [0.15, 0.2) is 11.6 Å². The highest BCUT2D eigenvalue weighted by Crippen LogP contribution is 2.66. The molecule has 2 heteroatoms. The van der Waals surface area contributed by atoms with E-state index in [-0.39, 0.29) is 10.8 Å². The molecule has 0 saturated heterocycles. The van der Waals surface area contributed by atoms with E-state index in [4.69, 9.17) is 0 Å². The third-order valence-corrected chi connectivity index (χ3v) is 8.54. The van der Waals surface area contributed by atoms with Crippen LogP contribution < -0.4 is 0 Å². The Labute approximate surface area is 140 Å². The molecule has 23 heavy (non-hydrogen) atoms. The molecular formula is C21H30O2. The Bertz CT molecular complexity index is 603. The second-order valence-corrected chi connectivity index (χ2v) is 9.39. The molecule has 0 aromatic rings. The molecular weight excluding hydrogens is 284 g/mol. The quantitative estimate of drug-likeness (QED) is 0.656. The Morgan fingerprint density at radius 3 is 2.57 bits per heavy atom. The first-order valence-corrected chi connectivity index (χ1v) is 9.56. The van der Waals surface area contributed by atoms with E-state index in [0.29, 0.717) is 47.6 Å². The Morgan fingerprint density at radius 2 is 1.83 bits per heavy atom. The van der Waals surface area contributed by atoms with Crippen LogP contribution in [-0.4, -0.2) is 11.6 Å². The zero-order valence-electron chi connectivity index (χ0n) is 15.0. The number of fused-ring (bicyclic) bond motifs is 5. The molecule has 0 bridgehead atoms. The SMILES string of the molecule is C[C@@H]1CC(=O)C=C2[C@@H](C)C[C@@H]3[C@H](CC[C@]4(C)C(=O)CC[C@@H]34)[C@]21C. The fourth-order valence-corrected chi connectivity index (χ4v) is 7.11. The first-order chi connectivity index (χ1) is 10.8. The number of hydrogen-bond donors (Lipinski definition) is 0. The highest BCUT2D eigenvalue weighted by molar-refractivity contribution is 5.92. The van der Waals surface area contributed by atoms with Crippen LogP contribution in [0.2, 0.25) is 0 Å². The number of Topliss-reactive ketones (excluding diaryl/α,β-unsaturated/α-hetero) is 1. The summed E-state index contributed by atoms with van der Waals surface area (Å²) in [7, 11) is 0. The molecule has 3 fully saturated rings. The summed E-state index contributed by atoms with van der Waals surface area (Å²) in [5, 5.41) is 0. The lowest BCUT2D eigenvalue weighted by Gasteiger charge is -2.60. The van der Waals surface area contributed by atoms with Crippen molar-refractivity contribution in [1.82, 2.24) is 0 Å². The van der Waals surface area contributed by atoms with Crippen molar-refractivity contribution in [1.29, 1.82) is 0 Å². The van der Waals surface area contributed by atoms with Gasteiger partial charge in [0.2, 0.25) is 0 Å². The molecule has 0 N–H and O–H groups in total. The second kappa shape index (κ2) is 4.80. The smallest absolute Gasteiger partial charge is 0.155 e. The lowest BCUT2D eigenvalue weighted by molar-refractivity contribution is -0.134. The number of carbonyl (C=O) groups is 2. The molecule has 126 valence electrons. The Hall–Kier alpha value is -0.920. The second-order valence-electron chi connectivity index (χ2n) is 9.39. The van der Waals surface area contributed by atoms with Gasteiger partial charge in [-0.05, 0) is 66.8 Å². The molecule has 4 aliphatic carbocycles. The fourth-order valence-electron chi connectivity index (χ4n) is 7.11. The lowest BCUT2D eigenvalue weighted by Crippen LogP contribution is -2.54. The summed E-state index contributed by atoms with van der Waals surface area (Å²) in [5.74, 6) is 3.70. The van der Waals surface area contributed by atoms with E-state index in [1.165, 1.54) is 18.4 Å². The zero-order chi connectivity index (χ0) is 16.6. The van der Waals surface area contributed by atoms with Crippen LogP contribution in [0, 0.1) is 40.4 Å². The molecule has 0 spiro atoms. The van der Waals surface area contributed by atoms with Gasteiger partial charge in [-0.2, -0.15) is 0 Å². The van der Waals surface area contributed by atoms with Crippen LogP contribution in [0.3, 0.4) is 0 Å². The average Bonchev–Trinajstić information content (AvgIpc) is 2.78. The molecule has 0 unspecified atom stereocenters. The molecule has 4 aliphatic rings. The highest BCUT2D eigenvalue weighted by Gasteiger charge is 2.61. The number of allylic oxidation sites excluding steroid dienone is 1. The third kappa shape index (κ3) is 1.87. The average molecular weight is 314 g/mol. The Balaban J connectivity index is 1.78. The summed E-state index contributed by atoms with van der Waals surface area (Å²) < 4.78 is 0. The molecule has 0 aromatic heterocycles. The lowest BCUT2D eigenvalue weighted by atomic mass is 9.44. The van der Waals surface area contributed by atoms with Crippen molar-refractivity contribution < 1.29 is 9.59 Å². The van der Waals surface area contributed by atoms with E-state index in [0.717, 1.165) is 19.3 Å². The maximum absolute atomic E-state index is 12.5. The van der Waals surface area contributed by atoms with Gasteiger partial charge in [0, 0.05) is 18.3 Å².